The second kappa shape index (κ2) is 8.76. The summed E-state index contributed by atoms with van der Waals surface area (Å²) >= 11 is 0. The highest BCUT2D eigenvalue weighted by molar-refractivity contribution is 5.92. The molecule has 0 saturated heterocycles. The van der Waals surface area contributed by atoms with Crippen LogP contribution in [-0.4, -0.2) is 23.8 Å². The van der Waals surface area contributed by atoms with Crippen molar-refractivity contribution in [1.29, 1.82) is 0 Å². The van der Waals surface area contributed by atoms with Crippen molar-refractivity contribution in [2.24, 2.45) is 0 Å². The van der Waals surface area contributed by atoms with Gasteiger partial charge in [-0.15, -0.1) is 0 Å². The molecule has 0 fully saturated rings. The van der Waals surface area contributed by atoms with E-state index in [9.17, 15) is 9.59 Å². The van der Waals surface area contributed by atoms with Gasteiger partial charge in [0.15, 0.2) is 6.29 Å². The first-order chi connectivity index (χ1) is 15.0. The molecule has 31 heavy (non-hydrogen) atoms. The lowest BCUT2D eigenvalue weighted by atomic mass is 9.82. The van der Waals surface area contributed by atoms with E-state index in [1.165, 1.54) is 11.1 Å². The number of hydrogen-bond acceptors (Lipinski definition) is 3. The van der Waals surface area contributed by atoms with E-state index in [2.05, 4.69) is 38.1 Å². The lowest BCUT2D eigenvalue weighted by Gasteiger charge is -2.32. The molecular formula is C27H27NO3. The van der Waals surface area contributed by atoms with Crippen LogP contribution in [0.15, 0.2) is 54.6 Å². The van der Waals surface area contributed by atoms with Crippen LogP contribution in [0.1, 0.15) is 43.7 Å². The predicted octanol–water partition coefficient (Wildman–Crippen LogP) is 5.79. The maximum atomic E-state index is 12.7. The smallest absolute Gasteiger partial charge is 0.410 e. The van der Waals surface area contributed by atoms with Crippen molar-refractivity contribution in [3.8, 4) is 11.1 Å². The van der Waals surface area contributed by atoms with Gasteiger partial charge in [-0.1, -0.05) is 60.2 Å². The Morgan fingerprint density at radius 1 is 0.968 bits per heavy atom. The Kier molecular flexibility index (Phi) is 5.90. The molecule has 1 aliphatic rings. The highest BCUT2D eigenvalue weighted by Crippen LogP contribution is 2.37. The molecule has 3 aromatic carbocycles. The number of fused-ring (bicyclic) bond motifs is 1. The molecule has 0 atom stereocenters. The summed E-state index contributed by atoms with van der Waals surface area (Å²) in [5.41, 5.74) is 9.31. The second-order valence-corrected chi connectivity index (χ2v) is 8.19. The Labute approximate surface area is 183 Å². The molecule has 0 aromatic heterocycles. The minimum absolute atomic E-state index is 0.257. The molecule has 0 N–H and O–H groups in total. The molecule has 4 heteroatoms. The highest BCUT2D eigenvalue weighted by atomic mass is 16.6. The van der Waals surface area contributed by atoms with Crippen LogP contribution in [-0.2, 0) is 24.3 Å². The molecule has 0 aliphatic carbocycles. The fraction of sp³-hybridized carbons (Fsp3) is 0.259. The zero-order chi connectivity index (χ0) is 22.0. The molecule has 4 rings (SSSR count). The molecule has 1 heterocycles. The maximum Gasteiger partial charge on any atom is 0.410 e. The normalized spacial score (nSPS) is 12.9. The molecule has 0 bridgehead atoms. The van der Waals surface area contributed by atoms with Crippen LogP contribution >= 0.6 is 0 Å². The van der Waals surface area contributed by atoms with Crippen LogP contribution < -0.4 is 0 Å². The number of carbonyl (C=O) groups excluding carboxylic acids is 2. The molecule has 0 spiro atoms. The van der Waals surface area contributed by atoms with Crippen molar-refractivity contribution in [3.05, 3.63) is 93.5 Å². The largest absolute Gasteiger partial charge is 0.445 e. The van der Waals surface area contributed by atoms with E-state index < -0.39 is 0 Å². The Hall–Kier alpha value is -3.40. The summed E-state index contributed by atoms with van der Waals surface area (Å²) in [5.74, 6) is 0. The van der Waals surface area contributed by atoms with E-state index in [1.807, 2.05) is 37.3 Å². The average Bonchev–Trinajstić information content (AvgIpc) is 2.80. The van der Waals surface area contributed by atoms with E-state index in [0.717, 1.165) is 46.1 Å². The van der Waals surface area contributed by atoms with Crippen LogP contribution in [0.2, 0.25) is 0 Å². The van der Waals surface area contributed by atoms with Crippen molar-refractivity contribution < 1.29 is 14.3 Å². The first kappa shape index (κ1) is 20.9. The van der Waals surface area contributed by atoms with E-state index in [4.69, 9.17) is 4.74 Å². The summed E-state index contributed by atoms with van der Waals surface area (Å²) in [7, 11) is 0. The van der Waals surface area contributed by atoms with Gasteiger partial charge in [0, 0.05) is 18.7 Å². The van der Waals surface area contributed by atoms with Crippen LogP contribution in [0.4, 0.5) is 4.79 Å². The minimum Gasteiger partial charge on any atom is -0.445 e. The number of nitrogens with zero attached hydrogens (tertiary/aromatic N) is 1. The van der Waals surface area contributed by atoms with Crippen LogP contribution in [0.5, 0.6) is 0 Å². The number of aldehydes is 1. The van der Waals surface area contributed by atoms with E-state index in [1.54, 1.807) is 4.90 Å². The fourth-order valence-electron chi connectivity index (χ4n) is 4.43. The van der Waals surface area contributed by atoms with Crippen molar-refractivity contribution >= 4 is 12.4 Å². The number of ether oxygens (including phenoxy) is 1. The summed E-state index contributed by atoms with van der Waals surface area (Å²) < 4.78 is 5.53. The van der Waals surface area contributed by atoms with E-state index in [-0.39, 0.29) is 12.7 Å². The van der Waals surface area contributed by atoms with Crippen molar-refractivity contribution in [3.63, 3.8) is 0 Å². The van der Waals surface area contributed by atoms with Crippen LogP contribution in [0.3, 0.4) is 0 Å². The lowest BCUT2D eigenvalue weighted by Crippen LogP contribution is -2.37. The first-order valence-electron chi connectivity index (χ1n) is 10.6. The number of benzene rings is 3. The Balaban J connectivity index is 1.62. The third-order valence-corrected chi connectivity index (χ3v) is 6.22. The molecule has 4 nitrogen and oxygen atoms in total. The quantitative estimate of drug-likeness (QED) is 0.509. The van der Waals surface area contributed by atoms with E-state index in [0.29, 0.717) is 18.7 Å². The summed E-state index contributed by atoms with van der Waals surface area (Å²) in [6, 6.07) is 18.0. The van der Waals surface area contributed by atoms with E-state index >= 15 is 0 Å². The number of rotatable bonds is 4. The van der Waals surface area contributed by atoms with Gasteiger partial charge in [0.2, 0.25) is 0 Å². The van der Waals surface area contributed by atoms with Gasteiger partial charge >= 0.3 is 6.09 Å². The lowest BCUT2D eigenvalue weighted by molar-refractivity contribution is 0.0917. The van der Waals surface area contributed by atoms with Crippen LogP contribution in [0, 0.1) is 20.8 Å². The number of aryl methyl sites for hydroxylation is 1. The number of hydrogen-bond donors (Lipinski definition) is 0. The van der Waals surface area contributed by atoms with Gasteiger partial charge in [-0.3, -0.25) is 4.79 Å². The molecule has 0 saturated carbocycles. The van der Waals surface area contributed by atoms with Gasteiger partial charge in [0.25, 0.3) is 0 Å². The number of amides is 1. The Morgan fingerprint density at radius 2 is 1.68 bits per heavy atom. The summed E-state index contributed by atoms with van der Waals surface area (Å²) in [4.78, 5) is 26.5. The van der Waals surface area contributed by atoms with Gasteiger partial charge in [0.05, 0.1) is 0 Å². The molecular weight excluding hydrogens is 386 g/mol. The van der Waals surface area contributed by atoms with Gasteiger partial charge in [-0.2, -0.15) is 0 Å². The third kappa shape index (κ3) is 4.11. The third-order valence-electron chi connectivity index (χ3n) is 6.22. The standard InChI is InChI=1S/C27H27NO3/c1-18-9-11-22(12-10-18)26-20(3)23-13-14-28(15-24(23)19(2)25(26)16-29)27(30)31-17-21-7-5-4-6-8-21/h4-12,16H,13-15,17H2,1-3H3. The van der Waals surface area contributed by atoms with Gasteiger partial charge in [-0.05, 0) is 66.1 Å². The SMILES string of the molecule is Cc1ccc(-c2c(C)c3c(c(C)c2C=O)CN(C(=O)OCc2ccccc2)CC3)cc1. The second-order valence-electron chi connectivity index (χ2n) is 8.19. The Bertz CT molecular complexity index is 1120. The fourth-order valence-corrected chi connectivity index (χ4v) is 4.43. The zero-order valence-corrected chi connectivity index (χ0v) is 18.3. The molecule has 1 amide bonds. The van der Waals surface area contributed by atoms with Crippen molar-refractivity contribution in [1.82, 2.24) is 4.90 Å². The summed E-state index contributed by atoms with van der Waals surface area (Å²) in [6.45, 7) is 7.45. The average molecular weight is 414 g/mol. The van der Waals surface area contributed by atoms with Gasteiger partial charge in [0.1, 0.15) is 6.61 Å². The predicted molar refractivity (Wildman–Crippen MR) is 122 cm³/mol. The maximum absolute atomic E-state index is 12.7. The molecule has 3 aromatic rings. The summed E-state index contributed by atoms with van der Waals surface area (Å²) in [5, 5.41) is 0. The van der Waals surface area contributed by atoms with Gasteiger partial charge in [-0.25, -0.2) is 4.79 Å². The zero-order valence-electron chi connectivity index (χ0n) is 18.3. The summed E-state index contributed by atoms with van der Waals surface area (Å²) in [6.07, 6.45) is 1.38. The monoisotopic (exact) mass is 413 g/mol. The number of carbonyl (C=O) groups is 2. The molecule has 1 aliphatic heterocycles. The van der Waals surface area contributed by atoms with Gasteiger partial charge < -0.3 is 9.64 Å². The molecule has 0 unspecified atom stereocenters. The Morgan fingerprint density at radius 3 is 2.35 bits per heavy atom. The molecule has 0 radical (unpaired) electrons. The van der Waals surface area contributed by atoms with Crippen molar-refractivity contribution in [2.45, 2.75) is 40.3 Å². The van der Waals surface area contributed by atoms with Crippen molar-refractivity contribution in [2.75, 3.05) is 6.54 Å². The minimum atomic E-state index is -0.318. The highest BCUT2D eigenvalue weighted by Gasteiger charge is 2.28. The molecule has 158 valence electrons. The first-order valence-corrected chi connectivity index (χ1v) is 10.6. The topological polar surface area (TPSA) is 46.6 Å². The van der Waals surface area contributed by atoms with Crippen LogP contribution in [0.25, 0.3) is 11.1 Å².